The number of esters is 1. The van der Waals surface area contributed by atoms with E-state index in [1.807, 2.05) is 0 Å². The molecule has 1 aliphatic carbocycles. The molecule has 0 heterocycles. The molecule has 0 saturated heterocycles. The third kappa shape index (κ3) is 2.95. The van der Waals surface area contributed by atoms with E-state index in [1.165, 1.54) is 26.4 Å². The molecule has 1 aliphatic rings. The molecule has 1 aromatic carbocycles. The van der Waals surface area contributed by atoms with Crippen LogP contribution in [0.25, 0.3) is 0 Å². The number of carbonyl (C=O) groups excluding carboxylic acids is 1. The molecule has 0 aliphatic heterocycles. The molecule has 0 aromatic heterocycles. The number of nitrogens with two attached hydrogens (primary N) is 1. The lowest BCUT2D eigenvalue weighted by molar-refractivity contribution is 0.0602. The Morgan fingerprint density at radius 2 is 2.21 bits per heavy atom. The van der Waals surface area contributed by atoms with Gasteiger partial charge < -0.3 is 15.8 Å². The quantitative estimate of drug-likeness (QED) is 0.657. The highest BCUT2D eigenvalue weighted by Gasteiger charge is 2.26. The Bertz CT molecular complexity index is 487. The summed E-state index contributed by atoms with van der Waals surface area (Å²) < 4.78 is 4.78. The van der Waals surface area contributed by atoms with Crippen molar-refractivity contribution in [2.75, 3.05) is 18.2 Å². The summed E-state index contributed by atoms with van der Waals surface area (Å²) in [6.07, 6.45) is 3.71. The first-order chi connectivity index (χ1) is 9.02. The summed E-state index contributed by atoms with van der Waals surface area (Å²) >= 11 is 6.20. The second kappa shape index (κ2) is 5.70. The van der Waals surface area contributed by atoms with Crippen LogP contribution in [0.1, 0.15) is 36.5 Å². The normalized spacial score (nSPS) is 16.6. The number of nitrogens with one attached hydrogen (secondary N) is 1. The maximum atomic E-state index is 11.8. The minimum Gasteiger partial charge on any atom is -0.465 e. The molecule has 0 bridgehead atoms. The lowest BCUT2D eigenvalue weighted by Gasteiger charge is -2.33. The van der Waals surface area contributed by atoms with E-state index >= 15 is 0 Å². The minimum atomic E-state index is -0.433. The molecule has 4 nitrogen and oxygen atoms in total. The van der Waals surface area contributed by atoms with Gasteiger partial charge in [0.1, 0.15) is 0 Å². The van der Waals surface area contributed by atoms with Crippen molar-refractivity contribution < 1.29 is 9.53 Å². The zero-order valence-electron chi connectivity index (χ0n) is 11.2. The highest BCUT2D eigenvalue weighted by molar-refractivity contribution is 6.34. The van der Waals surface area contributed by atoms with E-state index in [0.717, 1.165) is 0 Å². The van der Waals surface area contributed by atoms with Gasteiger partial charge >= 0.3 is 5.97 Å². The maximum Gasteiger partial charge on any atom is 0.340 e. The third-order valence-electron chi connectivity index (χ3n) is 3.75. The fourth-order valence-electron chi connectivity index (χ4n) is 2.33. The topological polar surface area (TPSA) is 64.3 Å². The predicted octanol–water partition coefficient (Wildman–Crippen LogP) is 3.31. The summed E-state index contributed by atoms with van der Waals surface area (Å²) in [4.78, 5) is 11.8. The van der Waals surface area contributed by atoms with Crippen LogP contribution in [0, 0.1) is 5.92 Å². The summed E-state index contributed by atoms with van der Waals surface area (Å²) in [6.45, 7) is 2.11. The Labute approximate surface area is 118 Å². The largest absolute Gasteiger partial charge is 0.465 e. The Balaban J connectivity index is 2.28. The van der Waals surface area contributed by atoms with Crippen molar-refractivity contribution >= 4 is 28.9 Å². The molecule has 104 valence electrons. The van der Waals surface area contributed by atoms with Crippen molar-refractivity contribution in [1.29, 1.82) is 0 Å². The molecule has 1 fully saturated rings. The SMILES string of the molecule is COC(=O)c1cc(N)cc(Cl)c1NC(C)C1CCC1. The first-order valence-electron chi connectivity index (χ1n) is 6.46. The highest BCUT2D eigenvalue weighted by Crippen LogP contribution is 2.35. The van der Waals surface area contributed by atoms with E-state index in [9.17, 15) is 4.79 Å². The summed E-state index contributed by atoms with van der Waals surface area (Å²) in [6, 6.07) is 3.51. The molecule has 1 saturated carbocycles. The number of carbonyl (C=O) groups is 1. The van der Waals surface area contributed by atoms with Crippen LogP contribution in [0.3, 0.4) is 0 Å². The third-order valence-corrected chi connectivity index (χ3v) is 4.04. The number of hydrogen-bond acceptors (Lipinski definition) is 4. The maximum absolute atomic E-state index is 11.8. The number of anilines is 2. The van der Waals surface area contributed by atoms with Gasteiger partial charge in [-0.15, -0.1) is 0 Å². The van der Waals surface area contributed by atoms with Crippen molar-refractivity contribution in [3.63, 3.8) is 0 Å². The number of nitrogen functional groups attached to an aromatic ring is 1. The number of ether oxygens (including phenoxy) is 1. The number of halogens is 1. The van der Waals surface area contributed by atoms with E-state index in [0.29, 0.717) is 27.9 Å². The second-order valence-electron chi connectivity index (χ2n) is 5.04. The predicted molar refractivity (Wildman–Crippen MR) is 77.6 cm³/mol. The van der Waals surface area contributed by atoms with Gasteiger partial charge in [-0.1, -0.05) is 18.0 Å². The Kier molecular flexibility index (Phi) is 4.20. The Morgan fingerprint density at radius 1 is 1.53 bits per heavy atom. The number of benzene rings is 1. The summed E-state index contributed by atoms with van der Waals surface area (Å²) in [5.74, 6) is 0.205. The van der Waals surface area contributed by atoms with E-state index in [4.69, 9.17) is 22.1 Å². The molecule has 3 N–H and O–H groups in total. The van der Waals surface area contributed by atoms with Crippen LogP contribution < -0.4 is 11.1 Å². The fraction of sp³-hybridized carbons (Fsp3) is 0.500. The first kappa shape index (κ1) is 14.0. The molecular formula is C14H19ClN2O2. The standard InChI is InChI=1S/C14H19ClN2O2/c1-8(9-4-3-5-9)17-13-11(14(18)19-2)6-10(16)7-12(13)15/h6-9,17H,3-5,16H2,1-2H3. The lowest BCUT2D eigenvalue weighted by atomic mass is 9.80. The van der Waals surface area contributed by atoms with Crippen LogP contribution in [0.2, 0.25) is 5.02 Å². The number of rotatable bonds is 4. The monoisotopic (exact) mass is 282 g/mol. The van der Waals surface area contributed by atoms with Gasteiger partial charge in [0, 0.05) is 11.7 Å². The molecule has 5 heteroatoms. The van der Waals surface area contributed by atoms with E-state index in [-0.39, 0.29) is 6.04 Å². The van der Waals surface area contributed by atoms with E-state index in [1.54, 1.807) is 12.1 Å². The fourth-order valence-corrected chi connectivity index (χ4v) is 2.61. The van der Waals surface area contributed by atoms with Gasteiger partial charge in [-0.25, -0.2) is 4.79 Å². The van der Waals surface area contributed by atoms with Crippen molar-refractivity contribution in [2.45, 2.75) is 32.2 Å². The molecular weight excluding hydrogens is 264 g/mol. The summed E-state index contributed by atoms with van der Waals surface area (Å²) in [5.41, 5.74) is 7.18. The van der Waals surface area contributed by atoms with Crippen LogP contribution in [-0.2, 0) is 4.74 Å². The van der Waals surface area contributed by atoms with Crippen molar-refractivity contribution in [2.24, 2.45) is 5.92 Å². The van der Waals surface area contributed by atoms with Crippen molar-refractivity contribution in [1.82, 2.24) is 0 Å². The van der Waals surface area contributed by atoms with Gasteiger partial charge in [-0.2, -0.15) is 0 Å². The second-order valence-corrected chi connectivity index (χ2v) is 5.45. The molecule has 1 aromatic rings. The van der Waals surface area contributed by atoms with Gasteiger partial charge in [0.2, 0.25) is 0 Å². The average molecular weight is 283 g/mol. The molecule has 2 rings (SSSR count). The first-order valence-corrected chi connectivity index (χ1v) is 6.84. The van der Waals surface area contributed by atoms with E-state index in [2.05, 4.69) is 12.2 Å². The van der Waals surface area contributed by atoms with Crippen LogP contribution in [0.5, 0.6) is 0 Å². The van der Waals surface area contributed by atoms with Gasteiger partial charge in [0.05, 0.1) is 23.4 Å². The van der Waals surface area contributed by atoms with Crippen LogP contribution in [-0.4, -0.2) is 19.1 Å². The Morgan fingerprint density at radius 3 is 2.74 bits per heavy atom. The molecule has 0 amide bonds. The van der Waals surface area contributed by atoms with Crippen LogP contribution >= 0.6 is 11.6 Å². The van der Waals surface area contributed by atoms with E-state index < -0.39 is 5.97 Å². The number of methoxy groups -OCH3 is 1. The van der Waals surface area contributed by atoms with Gasteiger partial charge in [-0.05, 0) is 37.8 Å². The average Bonchev–Trinajstić information content (AvgIpc) is 2.29. The lowest BCUT2D eigenvalue weighted by Crippen LogP contribution is -2.31. The number of hydrogen-bond donors (Lipinski definition) is 2. The highest BCUT2D eigenvalue weighted by atomic mass is 35.5. The Hall–Kier alpha value is -1.42. The molecule has 1 unspecified atom stereocenters. The van der Waals surface area contributed by atoms with Crippen LogP contribution in [0.4, 0.5) is 11.4 Å². The van der Waals surface area contributed by atoms with Crippen molar-refractivity contribution in [3.8, 4) is 0 Å². The summed E-state index contributed by atoms with van der Waals surface area (Å²) in [5, 5.41) is 3.79. The minimum absolute atomic E-state index is 0.276. The van der Waals surface area contributed by atoms with Crippen LogP contribution in [0.15, 0.2) is 12.1 Å². The molecule has 1 atom stereocenters. The smallest absolute Gasteiger partial charge is 0.340 e. The zero-order chi connectivity index (χ0) is 14.0. The molecule has 0 spiro atoms. The van der Waals surface area contributed by atoms with Gasteiger partial charge in [0.25, 0.3) is 0 Å². The van der Waals surface area contributed by atoms with Crippen molar-refractivity contribution in [3.05, 3.63) is 22.7 Å². The molecule has 19 heavy (non-hydrogen) atoms. The summed E-state index contributed by atoms with van der Waals surface area (Å²) in [7, 11) is 1.35. The van der Waals surface area contributed by atoms with Gasteiger partial charge in [0.15, 0.2) is 0 Å². The molecule has 0 radical (unpaired) electrons. The zero-order valence-corrected chi connectivity index (χ0v) is 12.0. The van der Waals surface area contributed by atoms with Gasteiger partial charge in [-0.3, -0.25) is 0 Å².